The molecule has 0 radical (unpaired) electrons. The first-order valence-electron chi connectivity index (χ1n) is 7.52. The van der Waals surface area contributed by atoms with Crippen LogP contribution >= 0.6 is 22.9 Å². The van der Waals surface area contributed by atoms with E-state index in [0.29, 0.717) is 15.5 Å². The number of fused-ring (bicyclic) bond motifs is 1. The first kappa shape index (κ1) is 17.3. The summed E-state index contributed by atoms with van der Waals surface area (Å²) in [5.41, 5.74) is 6.20. The average Bonchev–Trinajstić information content (AvgIpc) is 2.96. The highest BCUT2D eigenvalue weighted by Crippen LogP contribution is 2.34. The minimum Gasteiger partial charge on any atom is -0.378 e. The molecule has 128 valence electrons. The fraction of sp³-hybridized carbons (Fsp3) is 0.111. The summed E-state index contributed by atoms with van der Waals surface area (Å²) in [7, 11) is 3.78. The third-order valence-electron chi connectivity index (χ3n) is 3.66. The van der Waals surface area contributed by atoms with E-state index in [2.05, 4.69) is 10.9 Å². The Morgan fingerprint density at radius 1 is 1.00 bits per heavy atom. The summed E-state index contributed by atoms with van der Waals surface area (Å²) in [5, 5.41) is 1.21. The SMILES string of the molecule is CN(C)c1cccc(C(=O)NNC(=O)c2sc3ccccc3c2Cl)c1. The number of hydrogen-bond acceptors (Lipinski definition) is 4. The molecule has 5 nitrogen and oxygen atoms in total. The van der Waals surface area contributed by atoms with Crippen LogP contribution in [0.5, 0.6) is 0 Å². The number of rotatable bonds is 3. The third kappa shape index (κ3) is 3.60. The maximum atomic E-state index is 12.3. The molecule has 1 heterocycles. The molecule has 2 aromatic carbocycles. The Morgan fingerprint density at radius 2 is 1.72 bits per heavy atom. The summed E-state index contributed by atoms with van der Waals surface area (Å²) in [4.78, 5) is 26.8. The van der Waals surface area contributed by atoms with Crippen LogP contribution in [0.25, 0.3) is 10.1 Å². The maximum Gasteiger partial charge on any atom is 0.281 e. The van der Waals surface area contributed by atoms with Crippen LogP contribution in [-0.4, -0.2) is 25.9 Å². The molecule has 0 aliphatic rings. The second kappa shape index (κ2) is 7.13. The predicted molar refractivity (Wildman–Crippen MR) is 103 cm³/mol. The van der Waals surface area contributed by atoms with Gasteiger partial charge >= 0.3 is 0 Å². The topological polar surface area (TPSA) is 61.4 Å². The van der Waals surface area contributed by atoms with Gasteiger partial charge in [-0.2, -0.15) is 0 Å². The molecule has 0 spiro atoms. The predicted octanol–water partition coefficient (Wildman–Crippen LogP) is 3.70. The summed E-state index contributed by atoms with van der Waals surface area (Å²) < 4.78 is 0.919. The molecule has 0 unspecified atom stereocenters. The summed E-state index contributed by atoms with van der Waals surface area (Å²) in [5.74, 6) is -0.836. The highest BCUT2D eigenvalue weighted by molar-refractivity contribution is 7.21. The number of benzene rings is 2. The number of thiophene rings is 1. The summed E-state index contributed by atoms with van der Waals surface area (Å²) >= 11 is 7.56. The molecule has 0 bridgehead atoms. The molecule has 1 aromatic heterocycles. The molecule has 3 rings (SSSR count). The van der Waals surface area contributed by atoms with Gasteiger partial charge in [0.15, 0.2) is 0 Å². The molecular formula is C18H16ClN3O2S. The highest BCUT2D eigenvalue weighted by atomic mass is 35.5. The molecule has 0 aliphatic carbocycles. The lowest BCUT2D eigenvalue weighted by Crippen LogP contribution is -2.41. The number of hydrogen-bond donors (Lipinski definition) is 2. The Hall–Kier alpha value is -2.57. The van der Waals surface area contributed by atoms with Gasteiger partial charge < -0.3 is 4.90 Å². The molecule has 0 aliphatic heterocycles. The number of carbonyl (C=O) groups is 2. The van der Waals surface area contributed by atoms with Crippen LogP contribution in [0.4, 0.5) is 5.69 Å². The van der Waals surface area contributed by atoms with Gasteiger partial charge in [0.1, 0.15) is 4.88 Å². The van der Waals surface area contributed by atoms with Crippen LogP contribution in [0.3, 0.4) is 0 Å². The normalized spacial score (nSPS) is 10.5. The average molecular weight is 374 g/mol. The van der Waals surface area contributed by atoms with E-state index in [1.165, 1.54) is 11.3 Å². The first-order chi connectivity index (χ1) is 12.0. The van der Waals surface area contributed by atoms with E-state index in [1.54, 1.807) is 18.2 Å². The minimum absolute atomic E-state index is 0.366. The fourth-order valence-corrected chi connectivity index (χ4v) is 3.74. The lowest BCUT2D eigenvalue weighted by atomic mass is 10.2. The lowest BCUT2D eigenvalue weighted by molar-refractivity contribution is 0.0849. The molecular weight excluding hydrogens is 358 g/mol. The largest absolute Gasteiger partial charge is 0.378 e. The van der Waals surface area contributed by atoms with Gasteiger partial charge in [-0.1, -0.05) is 35.9 Å². The Balaban J connectivity index is 1.72. The Kier molecular flexibility index (Phi) is 4.92. The van der Waals surface area contributed by atoms with Crippen molar-refractivity contribution in [1.82, 2.24) is 10.9 Å². The van der Waals surface area contributed by atoms with Crippen LogP contribution < -0.4 is 15.8 Å². The summed E-state index contributed by atoms with van der Waals surface area (Å²) in [6, 6.07) is 14.6. The number of halogens is 1. The fourth-order valence-electron chi connectivity index (χ4n) is 2.33. The number of nitrogens with zero attached hydrogens (tertiary/aromatic N) is 1. The summed E-state index contributed by atoms with van der Waals surface area (Å²) in [6.45, 7) is 0. The Morgan fingerprint density at radius 3 is 2.44 bits per heavy atom. The van der Waals surface area contributed by atoms with Crippen molar-refractivity contribution in [2.24, 2.45) is 0 Å². The van der Waals surface area contributed by atoms with Crippen molar-refractivity contribution in [1.29, 1.82) is 0 Å². The van der Waals surface area contributed by atoms with Crippen molar-refractivity contribution in [3.63, 3.8) is 0 Å². The van der Waals surface area contributed by atoms with Gasteiger partial charge in [-0.3, -0.25) is 20.4 Å². The highest BCUT2D eigenvalue weighted by Gasteiger charge is 2.17. The van der Waals surface area contributed by atoms with Crippen molar-refractivity contribution in [2.45, 2.75) is 0 Å². The molecule has 25 heavy (non-hydrogen) atoms. The van der Waals surface area contributed by atoms with E-state index >= 15 is 0 Å². The van der Waals surface area contributed by atoms with Gasteiger partial charge in [-0.05, 0) is 24.3 Å². The van der Waals surface area contributed by atoms with Crippen molar-refractivity contribution >= 4 is 50.5 Å². The lowest BCUT2D eigenvalue weighted by Gasteiger charge is -2.13. The number of nitrogens with one attached hydrogen (secondary N) is 2. The number of amides is 2. The third-order valence-corrected chi connectivity index (χ3v) is 5.33. The van der Waals surface area contributed by atoms with Gasteiger partial charge in [0.05, 0.1) is 5.02 Å². The maximum absolute atomic E-state index is 12.3. The molecule has 3 aromatic rings. The van der Waals surface area contributed by atoms with E-state index in [1.807, 2.05) is 49.3 Å². The van der Waals surface area contributed by atoms with E-state index in [-0.39, 0.29) is 0 Å². The van der Waals surface area contributed by atoms with Gasteiger partial charge in [-0.25, -0.2) is 0 Å². The zero-order valence-electron chi connectivity index (χ0n) is 13.7. The van der Waals surface area contributed by atoms with Crippen molar-refractivity contribution in [2.75, 3.05) is 19.0 Å². The monoisotopic (exact) mass is 373 g/mol. The first-order valence-corrected chi connectivity index (χ1v) is 8.72. The zero-order valence-corrected chi connectivity index (χ0v) is 15.2. The van der Waals surface area contributed by atoms with Gasteiger partial charge in [0.2, 0.25) is 0 Å². The Labute approximate surface area is 154 Å². The molecule has 7 heteroatoms. The van der Waals surface area contributed by atoms with Gasteiger partial charge in [0.25, 0.3) is 11.8 Å². The van der Waals surface area contributed by atoms with Crippen LogP contribution in [0, 0.1) is 0 Å². The van der Waals surface area contributed by atoms with Crippen LogP contribution in [0.15, 0.2) is 48.5 Å². The standard InChI is InChI=1S/C18H16ClN3O2S/c1-22(2)12-7-5-6-11(10-12)17(23)20-21-18(24)16-15(19)13-8-3-4-9-14(13)25-16/h3-10H,1-2H3,(H,20,23)(H,21,24). The molecule has 0 saturated heterocycles. The quantitative estimate of drug-likeness (QED) is 0.688. The van der Waals surface area contributed by atoms with Gasteiger partial charge in [-0.15, -0.1) is 11.3 Å². The van der Waals surface area contributed by atoms with Crippen molar-refractivity contribution < 1.29 is 9.59 Å². The molecule has 2 amide bonds. The van der Waals surface area contributed by atoms with E-state index in [4.69, 9.17) is 11.6 Å². The van der Waals surface area contributed by atoms with Crippen LogP contribution in [-0.2, 0) is 0 Å². The van der Waals surface area contributed by atoms with Crippen molar-refractivity contribution in [3.8, 4) is 0 Å². The number of carbonyl (C=O) groups excluding carboxylic acids is 2. The molecule has 0 fully saturated rings. The molecule has 0 atom stereocenters. The zero-order chi connectivity index (χ0) is 18.0. The number of anilines is 1. The Bertz CT molecular complexity index is 952. The van der Waals surface area contributed by atoms with Gasteiger partial charge in [0, 0.05) is 35.4 Å². The minimum atomic E-state index is -0.441. The van der Waals surface area contributed by atoms with Crippen LogP contribution in [0.2, 0.25) is 5.02 Å². The van der Waals surface area contributed by atoms with E-state index in [9.17, 15) is 9.59 Å². The van der Waals surface area contributed by atoms with Crippen molar-refractivity contribution in [3.05, 3.63) is 64.0 Å². The molecule has 0 saturated carbocycles. The summed E-state index contributed by atoms with van der Waals surface area (Å²) in [6.07, 6.45) is 0. The van der Waals surface area contributed by atoms with E-state index in [0.717, 1.165) is 15.8 Å². The van der Waals surface area contributed by atoms with Crippen LogP contribution in [0.1, 0.15) is 20.0 Å². The second-order valence-corrected chi connectivity index (χ2v) is 7.02. The smallest absolute Gasteiger partial charge is 0.281 e. The number of hydrazine groups is 1. The molecule has 2 N–H and O–H groups in total. The van der Waals surface area contributed by atoms with E-state index < -0.39 is 11.8 Å². The second-order valence-electron chi connectivity index (χ2n) is 5.59.